The molecule has 0 atom stereocenters. The highest BCUT2D eigenvalue weighted by Gasteiger charge is 2.02. The number of hydrogen-bond donors (Lipinski definition) is 1. The number of nitrogens with two attached hydrogens (primary N) is 1. The Hall–Kier alpha value is -2.10. The van der Waals surface area contributed by atoms with Gasteiger partial charge >= 0.3 is 0 Å². The molecule has 1 aromatic heterocycles. The van der Waals surface area contributed by atoms with E-state index in [4.69, 9.17) is 5.73 Å². The number of para-hydroxylation sites is 1. The van der Waals surface area contributed by atoms with Crippen LogP contribution in [0.15, 0.2) is 42.7 Å². The van der Waals surface area contributed by atoms with Crippen LogP contribution in [0.4, 0.5) is 11.5 Å². The van der Waals surface area contributed by atoms with Gasteiger partial charge in [0.15, 0.2) is 0 Å². The number of aromatic nitrogens is 2. The van der Waals surface area contributed by atoms with E-state index < -0.39 is 0 Å². The van der Waals surface area contributed by atoms with Gasteiger partial charge in [-0.15, -0.1) is 0 Å². The van der Waals surface area contributed by atoms with Crippen LogP contribution < -0.4 is 10.6 Å². The summed E-state index contributed by atoms with van der Waals surface area (Å²) in [4.78, 5) is 10.3. The van der Waals surface area contributed by atoms with Gasteiger partial charge in [0.2, 0.25) is 0 Å². The van der Waals surface area contributed by atoms with Gasteiger partial charge in [0.1, 0.15) is 5.82 Å². The molecule has 0 saturated carbocycles. The normalized spacial score (nSPS) is 10.1. The van der Waals surface area contributed by atoms with Gasteiger partial charge < -0.3 is 10.6 Å². The number of rotatable bonds is 3. The molecule has 0 bridgehead atoms. The second-order valence-corrected chi connectivity index (χ2v) is 3.62. The molecule has 0 saturated heterocycles. The van der Waals surface area contributed by atoms with Gasteiger partial charge in [0.05, 0.1) is 24.6 Å². The third kappa shape index (κ3) is 2.48. The number of nitrogens with zero attached hydrogens (tertiary/aromatic N) is 3. The van der Waals surface area contributed by atoms with Gasteiger partial charge in [-0.3, -0.25) is 4.98 Å². The summed E-state index contributed by atoms with van der Waals surface area (Å²) >= 11 is 0. The third-order valence-corrected chi connectivity index (χ3v) is 2.32. The fraction of sp³-hybridized carbons (Fsp3) is 0.167. The fourth-order valence-corrected chi connectivity index (χ4v) is 1.46. The van der Waals surface area contributed by atoms with Crippen LogP contribution >= 0.6 is 0 Å². The second-order valence-electron chi connectivity index (χ2n) is 3.62. The molecule has 1 heterocycles. The summed E-state index contributed by atoms with van der Waals surface area (Å²) in [6.45, 7) is 0.720. The van der Waals surface area contributed by atoms with Crippen molar-refractivity contribution in [1.82, 2.24) is 9.97 Å². The van der Waals surface area contributed by atoms with Crippen LogP contribution in [0.25, 0.3) is 0 Å². The summed E-state index contributed by atoms with van der Waals surface area (Å²) in [6.07, 6.45) is 3.28. The maximum Gasteiger partial charge on any atom is 0.141 e. The first-order valence-corrected chi connectivity index (χ1v) is 5.08. The lowest BCUT2D eigenvalue weighted by atomic mass is 10.3. The Balaban J connectivity index is 2.08. The molecule has 0 aliphatic carbocycles. The number of nitrogen functional groups attached to an aromatic ring is 1. The Labute approximate surface area is 94.8 Å². The highest BCUT2D eigenvalue weighted by molar-refractivity contribution is 5.45. The standard InChI is InChI=1S/C12H14N4/c1-16(11-5-3-2-4-6-11)9-10-7-15-12(13)8-14-10/h2-8H,9H2,1H3,(H2,13,15). The van der Waals surface area contributed by atoms with E-state index >= 15 is 0 Å². The van der Waals surface area contributed by atoms with Crippen molar-refractivity contribution in [2.45, 2.75) is 6.54 Å². The molecule has 2 N–H and O–H groups in total. The van der Waals surface area contributed by atoms with E-state index in [1.165, 1.54) is 0 Å². The first-order chi connectivity index (χ1) is 7.75. The monoisotopic (exact) mass is 214 g/mol. The average Bonchev–Trinajstić information content (AvgIpc) is 2.33. The summed E-state index contributed by atoms with van der Waals surface area (Å²) in [5.41, 5.74) is 7.54. The minimum Gasteiger partial charge on any atom is -0.382 e. The van der Waals surface area contributed by atoms with Crippen LogP contribution in [0, 0.1) is 0 Å². The van der Waals surface area contributed by atoms with Crippen LogP contribution in [0.5, 0.6) is 0 Å². The van der Waals surface area contributed by atoms with E-state index in [1.54, 1.807) is 12.4 Å². The third-order valence-electron chi connectivity index (χ3n) is 2.32. The van der Waals surface area contributed by atoms with Gasteiger partial charge in [-0.2, -0.15) is 0 Å². The molecule has 0 fully saturated rings. The minimum absolute atomic E-state index is 0.450. The Bertz CT molecular complexity index is 438. The Morgan fingerprint density at radius 3 is 2.50 bits per heavy atom. The SMILES string of the molecule is CN(Cc1cnc(N)cn1)c1ccccc1. The van der Waals surface area contributed by atoms with Crippen molar-refractivity contribution in [2.75, 3.05) is 17.7 Å². The van der Waals surface area contributed by atoms with E-state index in [2.05, 4.69) is 27.0 Å². The maximum absolute atomic E-state index is 5.48. The molecule has 0 aliphatic rings. The van der Waals surface area contributed by atoms with E-state index in [-0.39, 0.29) is 0 Å². The molecule has 0 radical (unpaired) electrons. The number of hydrogen-bond acceptors (Lipinski definition) is 4. The van der Waals surface area contributed by atoms with Crippen LogP contribution in [-0.2, 0) is 6.54 Å². The largest absolute Gasteiger partial charge is 0.382 e. The molecule has 2 aromatic rings. The zero-order chi connectivity index (χ0) is 11.4. The van der Waals surface area contributed by atoms with Crippen LogP contribution in [-0.4, -0.2) is 17.0 Å². The predicted molar refractivity (Wildman–Crippen MR) is 65.0 cm³/mol. The first kappa shape index (κ1) is 10.4. The molecule has 16 heavy (non-hydrogen) atoms. The summed E-state index contributed by atoms with van der Waals surface area (Å²) in [5.74, 6) is 0.450. The zero-order valence-corrected chi connectivity index (χ0v) is 9.17. The van der Waals surface area contributed by atoms with Crippen molar-refractivity contribution in [2.24, 2.45) is 0 Å². The van der Waals surface area contributed by atoms with Gasteiger partial charge in [-0.05, 0) is 12.1 Å². The molecular formula is C12H14N4. The van der Waals surface area contributed by atoms with Crippen molar-refractivity contribution in [3.63, 3.8) is 0 Å². The van der Waals surface area contributed by atoms with E-state index in [0.717, 1.165) is 17.9 Å². The van der Waals surface area contributed by atoms with Crippen molar-refractivity contribution in [3.8, 4) is 0 Å². The molecule has 0 spiro atoms. The zero-order valence-electron chi connectivity index (χ0n) is 9.17. The Morgan fingerprint density at radius 1 is 1.12 bits per heavy atom. The summed E-state index contributed by atoms with van der Waals surface area (Å²) in [5, 5.41) is 0. The lowest BCUT2D eigenvalue weighted by Gasteiger charge is -2.18. The lowest BCUT2D eigenvalue weighted by molar-refractivity contribution is 0.875. The van der Waals surface area contributed by atoms with Crippen LogP contribution in [0.2, 0.25) is 0 Å². The number of benzene rings is 1. The fourth-order valence-electron chi connectivity index (χ4n) is 1.46. The molecule has 0 aliphatic heterocycles. The minimum atomic E-state index is 0.450. The average molecular weight is 214 g/mol. The van der Waals surface area contributed by atoms with Crippen LogP contribution in [0.1, 0.15) is 5.69 Å². The Morgan fingerprint density at radius 2 is 1.88 bits per heavy atom. The Kier molecular flexibility index (Phi) is 3.00. The quantitative estimate of drug-likeness (QED) is 0.844. The molecule has 2 rings (SSSR count). The summed E-state index contributed by atoms with van der Waals surface area (Å²) < 4.78 is 0. The summed E-state index contributed by atoms with van der Waals surface area (Å²) in [6, 6.07) is 10.1. The maximum atomic E-state index is 5.48. The topological polar surface area (TPSA) is 55.0 Å². The first-order valence-electron chi connectivity index (χ1n) is 5.08. The molecule has 0 unspecified atom stereocenters. The van der Waals surface area contributed by atoms with Crippen LogP contribution in [0.3, 0.4) is 0 Å². The van der Waals surface area contributed by atoms with Gasteiger partial charge in [0.25, 0.3) is 0 Å². The van der Waals surface area contributed by atoms with E-state index in [1.807, 2.05) is 25.2 Å². The molecular weight excluding hydrogens is 200 g/mol. The number of anilines is 2. The molecule has 1 aromatic carbocycles. The highest BCUT2D eigenvalue weighted by atomic mass is 15.1. The van der Waals surface area contributed by atoms with Crippen molar-refractivity contribution in [1.29, 1.82) is 0 Å². The van der Waals surface area contributed by atoms with Crippen molar-refractivity contribution >= 4 is 11.5 Å². The smallest absolute Gasteiger partial charge is 0.141 e. The van der Waals surface area contributed by atoms with Crippen molar-refractivity contribution in [3.05, 3.63) is 48.4 Å². The lowest BCUT2D eigenvalue weighted by Crippen LogP contribution is -2.17. The van der Waals surface area contributed by atoms with Crippen molar-refractivity contribution < 1.29 is 0 Å². The molecule has 4 nitrogen and oxygen atoms in total. The molecule has 4 heteroatoms. The van der Waals surface area contributed by atoms with Gasteiger partial charge in [-0.1, -0.05) is 18.2 Å². The summed E-state index contributed by atoms with van der Waals surface area (Å²) in [7, 11) is 2.02. The molecule has 0 amide bonds. The predicted octanol–water partition coefficient (Wildman–Crippen LogP) is 1.70. The highest BCUT2D eigenvalue weighted by Crippen LogP contribution is 2.13. The van der Waals surface area contributed by atoms with Gasteiger partial charge in [0, 0.05) is 12.7 Å². The van der Waals surface area contributed by atoms with Gasteiger partial charge in [-0.25, -0.2) is 4.98 Å². The van der Waals surface area contributed by atoms with E-state index in [0.29, 0.717) is 5.82 Å². The molecule has 82 valence electrons. The second kappa shape index (κ2) is 4.61. The van der Waals surface area contributed by atoms with E-state index in [9.17, 15) is 0 Å².